The highest BCUT2D eigenvalue weighted by atomic mass is 16.3. The van der Waals surface area contributed by atoms with Crippen molar-refractivity contribution in [1.29, 1.82) is 0 Å². The molecule has 1 heteroatoms. The van der Waals surface area contributed by atoms with Crippen molar-refractivity contribution in [2.24, 2.45) is 11.8 Å². The first-order chi connectivity index (χ1) is 4.20. The molecule has 0 aromatic heterocycles. The Hall–Kier alpha value is -0.0400. The number of hydrogen-bond donors (Lipinski definition) is 1. The van der Waals surface area contributed by atoms with Crippen LogP contribution in [0.15, 0.2) is 0 Å². The van der Waals surface area contributed by atoms with Crippen molar-refractivity contribution in [1.82, 2.24) is 0 Å². The van der Waals surface area contributed by atoms with Gasteiger partial charge >= 0.3 is 0 Å². The quantitative estimate of drug-likeness (QED) is 0.614. The molecule has 1 aliphatic carbocycles. The lowest BCUT2D eigenvalue weighted by molar-refractivity contribution is 0.126. The monoisotopic (exact) mass is 128 g/mol. The van der Waals surface area contributed by atoms with Crippen LogP contribution in [-0.4, -0.2) is 11.2 Å². The van der Waals surface area contributed by atoms with E-state index in [-0.39, 0.29) is 6.10 Å². The minimum absolute atomic E-state index is 0.106. The van der Waals surface area contributed by atoms with Crippen LogP contribution in [0.1, 0.15) is 33.1 Å². The fourth-order valence-corrected chi connectivity index (χ4v) is 1.08. The van der Waals surface area contributed by atoms with Gasteiger partial charge in [-0.25, -0.2) is 0 Å². The summed E-state index contributed by atoms with van der Waals surface area (Å²) in [7, 11) is 0. The Morgan fingerprint density at radius 1 is 1.44 bits per heavy atom. The molecule has 0 bridgehead atoms. The summed E-state index contributed by atoms with van der Waals surface area (Å²) in [5, 5.41) is 9.10. The molecule has 1 fully saturated rings. The summed E-state index contributed by atoms with van der Waals surface area (Å²) in [6, 6.07) is 0. The third-order valence-electron chi connectivity index (χ3n) is 2.23. The number of rotatable bonds is 3. The van der Waals surface area contributed by atoms with Crippen molar-refractivity contribution < 1.29 is 5.11 Å². The molecule has 1 N–H and O–H groups in total. The first-order valence-corrected chi connectivity index (χ1v) is 3.88. The normalized spacial score (nSPS) is 25.7. The summed E-state index contributed by atoms with van der Waals surface area (Å²) in [5.41, 5.74) is 0. The van der Waals surface area contributed by atoms with Gasteiger partial charge in [-0.2, -0.15) is 0 Å². The summed E-state index contributed by atoms with van der Waals surface area (Å²) in [6.07, 6.45) is 3.93. The van der Waals surface area contributed by atoms with E-state index in [1.165, 1.54) is 19.3 Å². The molecule has 1 rings (SSSR count). The molecule has 0 spiro atoms. The van der Waals surface area contributed by atoms with Crippen LogP contribution in [0, 0.1) is 11.8 Å². The van der Waals surface area contributed by atoms with Crippen LogP contribution in [0.3, 0.4) is 0 Å². The van der Waals surface area contributed by atoms with Gasteiger partial charge in [0.2, 0.25) is 0 Å². The standard InChI is InChI=1S/C8H16O/c1-6(7(2)9)5-8-3-4-8/h6-9H,3-5H2,1-2H3. The first kappa shape index (κ1) is 7.07. The van der Waals surface area contributed by atoms with Gasteiger partial charge in [0.05, 0.1) is 6.10 Å². The molecule has 1 nitrogen and oxygen atoms in total. The molecule has 1 saturated carbocycles. The van der Waals surface area contributed by atoms with E-state index >= 15 is 0 Å². The molecular weight excluding hydrogens is 112 g/mol. The van der Waals surface area contributed by atoms with Crippen LogP contribution in [0.4, 0.5) is 0 Å². The van der Waals surface area contributed by atoms with Crippen LogP contribution in [0.25, 0.3) is 0 Å². The van der Waals surface area contributed by atoms with Gasteiger partial charge < -0.3 is 5.11 Å². The third-order valence-corrected chi connectivity index (χ3v) is 2.23. The predicted octanol–water partition coefficient (Wildman–Crippen LogP) is 1.80. The van der Waals surface area contributed by atoms with Crippen LogP contribution in [0.2, 0.25) is 0 Å². The lowest BCUT2D eigenvalue weighted by Gasteiger charge is -2.12. The first-order valence-electron chi connectivity index (χ1n) is 3.88. The van der Waals surface area contributed by atoms with E-state index in [1.54, 1.807) is 0 Å². The highest BCUT2D eigenvalue weighted by Crippen LogP contribution is 2.35. The zero-order valence-corrected chi connectivity index (χ0v) is 6.30. The smallest absolute Gasteiger partial charge is 0.0537 e. The van der Waals surface area contributed by atoms with Gasteiger partial charge in [0.25, 0.3) is 0 Å². The maximum Gasteiger partial charge on any atom is 0.0537 e. The third kappa shape index (κ3) is 2.35. The molecule has 54 valence electrons. The van der Waals surface area contributed by atoms with E-state index in [4.69, 9.17) is 5.11 Å². The molecule has 0 aromatic rings. The van der Waals surface area contributed by atoms with Crippen molar-refractivity contribution in [2.45, 2.75) is 39.2 Å². The molecule has 0 aliphatic heterocycles. The Morgan fingerprint density at radius 3 is 2.33 bits per heavy atom. The molecule has 2 unspecified atom stereocenters. The lowest BCUT2D eigenvalue weighted by Crippen LogP contribution is -2.13. The Labute approximate surface area is 57.1 Å². The zero-order valence-electron chi connectivity index (χ0n) is 6.30. The van der Waals surface area contributed by atoms with Gasteiger partial charge in [-0.1, -0.05) is 19.8 Å². The highest BCUT2D eigenvalue weighted by Gasteiger charge is 2.24. The van der Waals surface area contributed by atoms with E-state index in [2.05, 4.69) is 6.92 Å². The summed E-state index contributed by atoms with van der Waals surface area (Å²) >= 11 is 0. The van der Waals surface area contributed by atoms with Crippen LogP contribution in [-0.2, 0) is 0 Å². The fraction of sp³-hybridized carbons (Fsp3) is 1.00. The molecule has 0 amide bonds. The number of hydrogen-bond acceptors (Lipinski definition) is 1. The van der Waals surface area contributed by atoms with Gasteiger partial charge in [0, 0.05) is 0 Å². The van der Waals surface area contributed by atoms with Crippen LogP contribution >= 0.6 is 0 Å². The van der Waals surface area contributed by atoms with Gasteiger partial charge in [0.1, 0.15) is 0 Å². The van der Waals surface area contributed by atoms with Gasteiger partial charge in [-0.05, 0) is 25.2 Å². The maximum atomic E-state index is 9.10. The molecule has 0 heterocycles. The minimum Gasteiger partial charge on any atom is -0.393 e. The van der Waals surface area contributed by atoms with E-state index in [1.807, 2.05) is 6.92 Å². The van der Waals surface area contributed by atoms with Crippen molar-refractivity contribution >= 4 is 0 Å². The Balaban J connectivity index is 2.09. The summed E-state index contributed by atoms with van der Waals surface area (Å²) in [4.78, 5) is 0. The van der Waals surface area contributed by atoms with E-state index in [9.17, 15) is 0 Å². The molecule has 9 heavy (non-hydrogen) atoms. The average molecular weight is 128 g/mol. The maximum absolute atomic E-state index is 9.10. The molecule has 0 aromatic carbocycles. The minimum atomic E-state index is -0.106. The van der Waals surface area contributed by atoms with Crippen molar-refractivity contribution in [3.63, 3.8) is 0 Å². The average Bonchev–Trinajstić information content (AvgIpc) is 2.50. The second-order valence-electron chi connectivity index (χ2n) is 3.40. The second-order valence-corrected chi connectivity index (χ2v) is 3.40. The summed E-state index contributed by atoms with van der Waals surface area (Å²) < 4.78 is 0. The number of aliphatic hydroxyl groups is 1. The van der Waals surface area contributed by atoms with Crippen molar-refractivity contribution in [2.75, 3.05) is 0 Å². The molecule has 1 aliphatic rings. The Bertz CT molecular complexity index is 84.6. The summed E-state index contributed by atoms with van der Waals surface area (Å²) in [5.74, 6) is 1.46. The number of aliphatic hydroxyl groups excluding tert-OH is 1. The lowest BCUT2D eigenvalue weighted by atomic mass is 10.00. The SMILES string of the molecule is CC(O)C(C)CC1CC1. The predicted molar refractivity (Wildman–Crippen MR) is 38.2 cm³/mol. The second kappa shape index (κ2) is 2.70. The van der Waals surface area contributed by atoms with E-state index in [0.29, 0.717) is 5.92 Å². The zero-order chi connectivity index (χ0) is 6.85. The molecular formula is C8H16O. The molecule has 2 atom stereocenters. The van der Waals surface area contributed by atoms with Crippen LogP contribution in [0.5, 0.6) is 0 Å². The fourth-order valence-electron chi connectivity index (χ4n) is 1.08. The van der Waals surface area contributed by atoms with E-state index < -0.39 is 0 Å². The summed E-state index contributed by atoms with van der Waals surface area (Å²) in [6.45, 7) is 4.01. The van der Waals surface area contributed by atoms with Crippen LogP contribution < -0.4 is 0 Å². The Kier molecular flexibility index (Phi) is 2.12. The Morgan fingerprint density at radius 2 is 2.00 bits per heavy atom. The van der Waals surface area contributed by atoms with E-state index in [0.717, 1.165) is 5.92 Å². The largest absolute Gasteiger partial charge is 0.393 e. The van der Waals surface area contributed by atoms with Gasteiger partial charge in [-0.3, -0.25) is 0 Å². The van der Waals surface area contributed by atoms with Gasteiger partial charge in [0.15, 0.2) is 0 Å². The van der Waals surface area contributed by atoms with Gasteiger partial charge in [-0.15, -0.1) is 0 Å². The van der Waals surface area contributed by atoms with Crippen molar-refractivity contribution in [3.8, 4) is 0 Å². The topological polar surface area (TPSA) is 20.2 Å². The molecule has 0 saturated heterocycles. The molecule has 0 radical (unpaired) electrons. The highest BCUT2D eigenvalue weighted by molar-refractivity contribution is 4.76. The van der Waals surface area contributed by atoms with Crippen molar-refractivity contribution in [3.05, 3.63) is 0 Å².